The van der Waals surface area contributed by atoms with E-state index in [9.17, 15) is 9.59 Å². The molecule has 1 saturated heterocycles. The van der Waals surface area contributed by atoms with E-state index in [-0.39, 0.29) is 35.6 Å². The molecule has 1 aliphatic carbocycles. The SMILES string of the molecule is Cc1cc(C(=O)N2CC(CC(=O)Nc3cccc(C)c3C)OCC23CCC3)on1. The Balaban J connectivity index is 1.44. The highest BCUT2D eigenvalue weighted by Gasteiger charge is 2.50. The molecular formula is C22H27N3O4. The van der Waals surface area contributed by atoms with Gasteiger partial charge in [0.25, 0.3) is 5.91 Å². The fraction of sp³-hybridized carbons (Fsp3) is 0.500. The highest BCUT2D eigenvalue weighted by atomic mass is 16.5. The van der Waals surface area contributed by atoms with Crippen LogP contribution >= 0.6 is 0 Å². The summed E-state index contributed by atoms with van der Waals surface area (Å²) in [6.07, 6.45) is 2.74. The predicted octanol–water partition coefficient (Wildman–Crippen LogP) is 3.39. The smallest absolute Gasteiger partial charge is 0.293 e. The molecule has 154 valence electrons. The molecule has 1 atom stereocenters. The van der Waals surface area contributed by atoms with E-state index >= 15 is 0 Å². The maximum atomic E-state index is 13.1. The van der Waals surface area contributed by atoms with E-state index in [2.05, 4.69) is 10.5 Å². The Morgan fingerprint density at radius 1 is 1.28 bits per heavy atom. The second kappa shape index (κ2) is 7.63. The summed E-state index contributed by atoms with van der Waals surface area (Å²) in [7, 11) is 0. The number of carbonyl (C=O) groups is 2. The molecule has 4 rings (SSSR count). The fourth-order valence-corrected chi connectivity index (χ4v) is 4.11. The fourth-order valence-electron chi connectivity index (χ4n) is 4.11. The van der Waals surface area contributed by atoms with Gasteiger partial charge in [-0.05, 0) is 57.2 Å². The summed E-state index contributed by atoms with van der Waals surface area (Å²) < 4.78 is 11.2. The third-order valence-corrected chi connectivity index (χ3v) is 6.21. The average Bonchev–Trinajstić information content (AvgIpc) is 3.10. The van der Waals surface area contributed by atoms with Crippen molar-refractivity contribution in [1.29, 1.82) is 0 Å². The molecule has 1 spiro atoms. The lowest BCUT2D eigenvalue weighted by molar-refractivity contribution is -0.138. The van der Waals surface area contributed by atoms with E-state index < -0.39 is 0 Å². The van der Waals surface area contributed by atoms with Crippen LogP contribution in [-0.2, 0) is 9.53 Å². The van der Waals surface area contributed by atoms with Gasteiger partial charge in [-0.15, -0.1) is 0 Å². The van der Waals surface area contributed by atoms with E-state index in [1.54, 1.807) is 13.0 Å². The Morgan fingerprint density at radius 3 is 2.72 bits per heavy atom. The number of nitrogens with one attached hydrogen (secondary N) is 1. The number of benzene rings is 1. The molecule has 2 heterocycles. The van der Waals surface area contributed by atoms with Crippen LogP contribution < -0.4 is 5.32 Å². The molecule has 2 aliphatic rings. The third kappa shape index (κ3) is 3.79. The zero-order valence-corrected chi connectivity index (χ0v) is 17.2. The highest BCUT2D eigenvalue weighted by molar-refractivity contribution is 5.93. The normalized spacial score (nSPS) is 20.4. The molecule has 7 nitrogen and oxygen atoms in total. The number of hydrogen-bond acceptors (Lipinski definition) is 5. The van der Waals surface area contributed by atoms with Gasteiger partial charge in [-0.25, -0.2) is 0 Å². The molecule has 1 unspecified atom stereocenters. The van der Waals surface area contributed by atoms with Crippen LogP contribution in [-0.4, -0.2) is 46.7 Å². The summed E-state index contributed by atoms with van der Waals surface area (Å²) in [6, 6.07) is 7.50. The number of anilines is 1. The van der Waals surface area contributed by atoms with Crippen molar-refractivity contribution in [3.05, 3.63) is 46.8 Å². The maximum absolute atomic E-state index is 13.1. The zero-order chi connectivity index (χ0) is 20.6. The van der Waals surface area contributed by atoms with Crippen molar-refractivity contribution in [2.24, 2.45) is 0 Å². The Hall–Kier alpha value is -2.67. The number of hydrogen-bond donors (Lipinski definition) is 1. The van der Waals surface area contributed by atoms with Gasteiger partial charge in [-0.1, -0.05) is 17.3 Å². The summed E-state index contributed by atoms with van der Waals surface area (Å²) in [6.45, 7) is 6.62. The Labute approximate surface area is 170 Å². The molecule has 1 N–H and O–H groups in total. The molecule has 0 radical (unpaired) electrons. The van der Waals surface area contributed by atoms with Gasteiger partial charge in [-0.2, -0.15) is 0 Å². The molecule has 29 heavy (non-hydrogen) atoms. The predicted molar refractivity (Wildman–Crippen MR) is 108 cm³/mol. The number of morpholine rings is 1. The standard InChI is InChI=1S/C22H27N3O4/c1-14-6-4-7-18(16(14)3)23-20(26)11-17-12-25(22(13-28-17)8-5-9-22)21(27)19-10-15(2)24-29-19/h4,6-7,10,17H,5,8-9,11-13H2,1-3H3,(H,23,26). The lowest BCUT2D eigenvalue weighted by Crippen LogP contribution is -2.64. The van der Waals surface area contributed by atoms with E-state index in [1.165, 1.54) is 0 Å². The summed E-state index contributed by atoms with van der Waals surface area (Å²) in [5, 5.41) is 6.81. The molecule has 2 fully saturated rings. The lowest BCUT2D eigenvalue weighted by atomic mass is 9.74. The first-order valence-electron chi connectivity index (χ1n) is 10.1. The van der Waals surface area contributed by atoms with Crippen LogP contribution in [0, 0.1) is 20.8 Å². The van der Waals surface area contributed by atoms with E-state index in [1.807, 2.05) is 36.9 Å². The van der Waals surface area contributed by atoms with Crippen molar-refractivity contribution >= 4 is 17.5 Å². The minimum atomic E-state index is -0.348. The minimum Gasteiger partial charge on any atom is -0.373 e. The molecular weight excluding hydrogens is 370 g/mol. The molecule has 1 aliphatic heterocycles. The first kappa shape index (κ1) is 19.6. The summed E-state index contributed by atoms with van der Waals surface area (Å²) in [5.41, 5.74) is 3.39. The minimum absolute atomic E-state index is 0.115. The number of aryl methyl sites for hydroxylation is 2. The Kier molecular flexibility index (Phi) is 5.17. The van der Waals surface area contributed by atoms with E-state index in [4.69, 9.17) is 9.26 Å². The van der Waals surface area contributed by atoms with Crippen LogP contribution in [0.15, 0.2) is 28.8 Å². The Morgan fingerprint density at radius 2 is 2.07 bits per heavy atom. The lowest BCUT2D eigenvalue weighted by Gasteiger charge is -2.54. The molecule has 1 aromatic heterocycles. The number of aromatic nitrogens is 1. The van der Waals surface area contributed by atoms with Crippen LogP contribution in [0.25, 0.3) is 0 Å². The molecule has 7 heteroatoms. The largest absolute Gasteiger partial charge is 0.373 e. The number of amides is 2. The van der Waals surface area contributed by atoms with Gasteiger partial charge in [-0.3, -0.25) is 9.59 Å². The van der Waals surface area contributed by atoms with Crippen molar-refractivity contribution in [3.63, 3.8) is 0 Å². The van der Waals surface area contributed by atoms with Crippen LogP contribution in [0.3, 0.4) is 0 Å². The van der Waals surface area contributed by atoms with Crippen LogP contribution in [0.4, 0.5) is 5.69 Å². The molecule has 1 aromatic carbocycles. The number of ether oxygens (including phenoxy) is 1. The van der Waals surface area contributed by atoms with Crippen molar-refractivity contribution in [1.82, 2.24) is 10.1 Å². The first-order valence-corrected chi connectivity index (χ1v) is 10.1. The van der Waals surface area contributed by atoms with Crippen molar-refractivity contribution in [2.75, 3.05) is 18.5 Å². The topological polar surface area (TPSA) is 84.7 Å². The monoisotopic (exact) mass is 397 g/mol. The van der Waals surface area contributed by atoms with Crippen molar-refractivity contribution in [3.8, 4) is 0 Å². The average molecular weight is 397 g/mol. The van der Waals surface area contributed by atoms with Crippen LogP contribution in [0.5, 0.6) is 0 Å². The zero-order valence-electron chi connectivity index (χ0n) is 17.2. The third-order valence-electron chi connectivity index (χ3n) is 6.21. The second-order valence-corrected chi connectivity index (χ2v) is 8.26. The van der Waals surface area contributed by atoms with Gasteiger partial charge in [0.15, 0.2) is 0 Å². The molecule has 1 saturated carbocycles. The molecule has 0 bridgehead atoms. The number of rotatable bonds is 4. The molecule has 2 amide bonds. The summed E-state index contributed by atoms with van der Waals surface area (Å²) in [4.78, 5) is 27.5. The van der Waals surface area contributed by atoms with Crippen molar-refractivity contribution in [2.45, 2.75) is 58.1 Å². The van der Waals surface area contributed by atoms with Gasteiger partial charge >= 0.3 is 0 Å². The first-order chi connectivity index (χ1) is 13.9. The number of nitrogens with zero attached hydrogens (tertiary/aromatic N) is 2. The van der Waals surface area contributed by atoms with Gasteiger partial charge in [0.2, 0.25) is 11.7 Å². The van der Waals surface area contributed by atoms with Gasteiger partial charge < -0.3 is 19.5 Å². The highest BCUT2D eigenvalue weighted by Crippen LogP contribution is 2.42. The van der Waals surface area contributed by atoms with Gasteiger partial charge in [0, 0.05) is 18.3 Å². The van der Waals surface area contributed by atoms with Gasteiger partial charge in [0.05, 0.1) is 30.4 Å². The quantitative estimate of drug-likeness (QED) is 0.855. The maximum Gasteiger partial charge on any atom is 0.293 e. The molecule has 2 aromatic rings. The van der Waals surface area contributed by atoms with E-state index in [0.29, 0.717) is 18.8 Å². The summed E-state index contributed by atoms with van der Waals surface area (Å²) >= 11 is 0. The summed E-state index contributed by atoms with van der Waals surface area (Å²) in [5.74, 6) is -0.0426. The van der Waals surface area contributed by atoms with Gasteiger partial charge in [0.1, 0.15) is 0 Å². The van der Waals surface area contributed by atoms with E-state index in [0.717, 1.165) is 36.1 Å². The van der Waals surface area contributed by atoms with Crippen LogP contribution in [0.2, 0.25) is 0 Å². The van der Waals surface area contributed by atoms with Crippen LogP contribution in [0.1, 0.15) is 53.1 Å². The Bertz CT molecular complexity index is 932. The van der Waals surface area contributed by atoms with Crippen molar-refractivity contribution < 1.29 is 18.8 Å². The second-order valence-electron chi connectivity index (χ2n) is 8.26. The number of carbonyl (C=O) groups excluding carboxylic acids is 2.